The van der Waals surface area contributed by atoms with E-state index in [1.807, 2.05) is 31.0 Å². The fraction of sp³-hybridized carbons (Fsp3) is 0.667. The van der Waals surface area contributed by atoms with Gasteiger partial charge < -0.3 is 20.0 Å². The average molecular weight is 242 g/mol. The first-order chi connectivity index (χ1) is 8.08. The number of ether oxygens (including phenoxy) is 1. The van der Waals surface area contributed by atoms with E-state index in [1.54, 1.807) is 7.11 Å². The topological polar surface area (TPSA) is 71.9 Å². The Morgan fingerprint density at radius 3 is 2.71 bits per heavy atom. The summed E-state index contributed by atoms with van der Waals surface area (Å²) >= 11 is 0. The minimum atomic E-state index is -0.518. The lowest BCUT2D eigenvalue weighted by atomic mass is 10.2. The van der Waals surface area contributed by atoms with Crippen LogP contribution in [0.15, 0.2) is 16.5 Å². The Hall–Kier alpha value is -0.880. The van der Waals surface area contributed by atoms with Gasteiger partial charge in [-0.3, -0.25) is 4.90 Å². The van der Waals surface area contributed by atoms with Gasteiger partial charge in [0.25, 0.3) is 0 Å². The number of nitrogens with zero attached hydrogens (tertiary/aromatic N) is 1. The quantitative estimate of drug-likeness (QED) is 0.729. The molecule has 17 heavy (non-hydrogen) atoms. The van der Waals surface area contributed by atoms with E-state index in [0.29, 0.717) is 19.7 Å². The first-order valence-electron chi connectivity index (χ1n) is 5.72. The molecule has 2 unspecified atom stereocenters. The second kappa shape index (κ2) is 6.76. The largest absolute Gasteiger partial charge is 0.465 e. The Balaban J connectivity index is 2.61. The van der Waals surface area contributed by atoms with E-state index >= 15 is 0 Å². The third kappa shape index (κ3) is 4.12. The van der Waals surface area contributed by atoms with Crippen LogP contribution in [0.25, 0.3) is 0 Å². The summed E-state index contributed by atoms with van der Waals surface area (Å²) in [6, 6.07) is 3.82. The third-order valence-corrected chi connectivity index (χ3v) is 2.70. The van der Waals surface area contributed by atoms with Gasteiger partial charge in [-0.1, -0.05) is 0 Å². The highest BCUT2D eigenvalue weighted by atomic mass is 16.5. The van der Waals surface area contributed by atoms with Crippen LogP contribution in [0.4, 0.5) is 0 Å². The smallest absolute Gasteiger partial charge is 0.122 e. The van der Waals surface area contributed by atoms with Crippen molar-refractivity contribution < 1.29 is 14.3 Å². The Morgan fingerprint density at radius 1 is 1.53 bits per heavy atom. The van der Waals surface area contributed by atoms with E-state index in [0.717, 1.165) is 11.5 Å². The molecule has 2 atom stereocenters. The number of aryl methyl sites for hydroxylation is 1. The van der Waals surface area contributed by atoms with Crippen LogP contribution in [0.5, 0.6) is 0 Å². The van der Waals surface area contributed by atoms with Gasteiger partial charge in [-0.2, -0.15) is 0 Å². The molecule has 0 aliphatic carbocycles. The van der Waals surface area contributed by atoms with Crippen LogP contribution >= 0.6 is 0 Å². The van der Waals surface area contributed by atoms with Crippen molar-refractivity contribution in [1.82, 2.24) is 4.90 Å². The number of methoxy groups -OCH3 is 1. The lowest BCUT2D eigenvalue weighted by Gasteiger charge is -2.27. The molecule has 98 valence electrons. The molecule has 0 saturated heterocycles. The summed E-state index contributed by atoms with van der Waals surface area (Å²) in [7, 11) is 3.48. The summed E-state index contributed by atoms with van der Waals surface area (Å²) in [6.45, 7) is 3.16. The number of likely N-dealkylation sites (N-methyl/N-ethyl adjacent to an activating group) is 1. The first-order valence-corrected chi connectivity index (χ1v) is 5.72. The van der Waals surface area contributed by atoms with Gasteiger partial charge in [-0.15, -0.1) is 0 Å². The lowest BCUT2D eigenvalue weighted by Crippen LogP contribution is -2.37. The van der Waals surface area contributed by atoms with Gasteiger partial charge in [0.05, 0.1) is 18.8 Å². The number of nitrogens with two attached hydrogens (primary N) is 1. The van der Waals surface area contributed by atoms with E-state index in [9.17, 15) is 5.11 Å². The second-order valence-corrected chi connectivity index (χ2v) is 4.25. The van der Waals surface area contributed by atoms with Gasteiger partial charge in [0.15, 0.2) is 0 Å². The van der Waals surface area contributed by atoms with Crippen LogP contribution in [0.2, 0.25) is 0 Å². The first kappa shape index (κ1) is 14.2. The zero-order chi connectivity index (χ0) is 12.8. The van der Waals surface area contributed by atoms with E-state index in [4.69, 9.17) is 14.9 Å². The van der Waals surface area contributed by atoms with Crippen LogP contribution in [0.3, 0.4) is 0 Å². The molecule has 0 fully saturated rings. The zero-order valence-corrected chi connectivity index (χ0v) is 10.7. The van der Waals surface area contributed by atoms with Gasteiger partial charge in [0.1, 0.15) is 11.5 Å². The lowest BCUT2D eigenvalue weighted by molar-refractivity contribution is 0.0326. The molecule has 0 radical (unpaired) electrons. The van der Waals surface area contributed by atoms with Crippen LogP contribution in [-0.4, -0.2) is 50.0 Å². The van der Waals surface area contributed by atoms with E-state index in [-0.39, 0.29) is 6.04 Å². The summed E-state index contributed by atoms with van der Waals surface area (Å²) in [4.78, 5) is 1.97. The fourth-order valence-electron chi connectivity index (χ4n) is 1.85. The highest BCUT2D eigenvalue weighted by Gasteiger charge is 2.20. The monoisotopic (exact) mass is 242 g/mol. The summed E-state index contributed by atoms with van der Waals surface area (Å²) < 4.78 is 10.5. The summed E-state index contributed by atoms with van der Waals surface area (Å²) in [5.74, 6) is 1.70. The molecule has 3 N–H and O–H groups in total. The predicted octanol–water partition coefficient (Wildman–Crippen LogP) is 0.527. The van der Waals surface area contributed by atoms with Gasteiger partial charge in [0.2, 0.25) is 0 Å². The molecule has 1 heterocycles. The zero-order valence-electron chi connectivity index (χ0n) is 10.7. The maximum Gasteiger partial charge on any atom is 0.122 e. The van der Waals surface area contributed by atoms with Gasteiger partial charge in [0, 0.05) is 20.2 Å². The molecule has 0 amide bonds. The molecular weight excluding hydrogens is 220 g/mol. The molecular formula is C12H22N2O3. The summed E-state index contributed by atoms with van der Waals surface area (Å²) in [6.07, 6.45) is -0.518. The summed E-state index contributed by atoms with van der Waals surface area (Å²) in [5.41, 5.74) is 5.75. The SMILES string of the molecule is COCC(O)CN(C)C(CN)c1ccc(C)o1. The number of rotatable bonds is 7. The summed E-state index contributed by atoms with van der Waals surface area (Å²) in [5, 5.41) is 9.68. The van der Waals surface area contributed by atoms with Crippen molar-refractivity contribution >= 4 is 0 Å². The molecule has 0 spiro atoms. The molecule has 1 aromatic heterocycles. The van der Waals surface area contributed by atoms with Crippen molar-refractivity contribution in [2.24, 2.45) is 5.73 Å². The highest BCUT2D eigenvalue weighted by molar-refractivity contribution is 5.10. The van der Waals surface area contributed by atoms with Crippen molar-refractivity contribution in [2.75, 3.05) is 33.9 Å². The number of hydrogen-bond acceptors (Lipinski definition) is 5. The molecule has 0 aliphatic heterocycles. The van der Waals surface area contributed by atoms with E-state index in [1.165, 1.54) is 0 Å². The highest BCUT2D eigenvalue weighted by Crippen LogP contribution is 2.20. The molecule has 0 bridgehead atoms. The van der Waals surface area contributed by atoms with E-state index < -0.39 is 6.10 Å². The molecule has 0 saturated carbocycles. The molecule has 0 aromatic carbocycles. The van der Waals surface area contributed by atoms with Crippen LogP contribution in [0.1, 0.15) is 17.6 Å². The number of furan rings is 1. The van der Waals surface area contributed by atoms with Crippen LogP contribution in [-0.2, 0) is 4.74 Å². The number of aliphatic hydroxyl groups excluding tert-OH is 1. The minimum Gasteiger partial charge on any atom is -0.465 e. The Labute approximate surface area is 102 Å². The van der Waals surface area contributed by atoms with Crippen LogP contribution < -0.4 is 5.73 Å². The average Bonchev–Trinajstić information content (AvgIpc) is 2.66. The molecule has 5 heteroatoms. The Bertz CT molecular complexity index is 327. The van der Waals surface area contributed by atoms with E-state index in [2.05, 4.69) is 0 Å². The molecule has 5 nitrogen and oxygen atoms in total. The maximum absolute atomic E-state index is 9.68. The van der Waals surface area contributed by atoms with Crippen molar-refractivity contribution in [1.29, 1.82) is 0 Å². The fourth-order valence-corrected chi connectivity index (χ4v) is 1.85. The number of hydrogen-bond donors (Lipinski definition) is 2. The molecule has 1 aromatic rings. The van der Waals surface area contributed by atoms with Crippen molar-refractivity contribution in [3.8, 4) is 0 Å². The Kier molecular flexibility index (Phi) is 5.64. The predicted molar refractivity (Wildman–Crippen MR) is 65.8 cm³/mol. The molecule has 1 rings (SSSR count). The normalized spacial score (nSPS) is 15.2. The second-order valence-electron chi connectivity index (χ2n) is 4.25. The van der Waals surface area contributed by atoms with Gasteiger partial charge in [-0.05, 0) is 26.1 Å². The van der Waals surface area contributed by atoms with Crippen molar-refractivity contribution in [3.63, 3.8) is 0 Å². The third-order valence-electron chi connectivity index (χ3n) is 2.70. The molecule has 0 aliphatic rings. The van der Waals surface area contributed by atoms with Gasteiger partial charge >= 0.3 is 0 Å². The minimum absolute atomic E-state index is 0.0183. The van der Waals surface area contributed by atoms with Gasteiger partial charge in [-0.25, -0.2) is 0 Å². The van der Waals surface area contributed by atoms with Crippen molar-refractivity contribution in [2.45, 2.75) is 19.1 Å². The Morgan fingerprint density at radius 2 is 2.24 bits per heavy atom. The van der Waals surface area contributed by atoms with Crippen molar-refractivity contribution in [3.05, 3.63) is 23.7 Å². The maximum atomic E-state index is 9.68. The standard InChI is InChI=1S/C12H22N2O3/c1-9-4-5-12(17-9)11(6-13)14(2)7-10(15)8-16-3/h4-5,10-11,15H,6-8,13H2,1-3H3. The number of aliphatic hydroxyl groups is 1. The van der Waals surface area contributed by atoms with Crippen LogP contribution in [0, 0.1) is 6.92 Å².